The fourth-order valence-electron chi connectivity index (χ4n) is 3.09. The van der Waals surface area contributed by atoms with Gasteiger partial charge in [-0.25, -0.2) is 8.78 Å². The van der Waals surface area contributed by atoms with E-state index in [4.69, 9.17) is 0 Å². The molecular weight excluding hydrogens is 314 g/mol. The van der Waals surface area contributed by atoms with Crippen LogP contribution in [0.15, 0.2) is 30.3 Å². The van der Waals surface area contributed by atoms with Crippen LogP contribution in [0, 0.1) is 5.92 Å². The highest BCUT2D eigenvalue weighted by molar-refractivity contribution is 5.82. The van der Waals surface area contributed by atoms with Crippen molar-refractivity contribution in [2.45, 2.75) is 32.6 Å². The molecule has 0 spiro atoms. The van der Waals surface area contributed by atoms with Gasteiger partial charge in [0.15, 0.2) is 0 Å². The first-order valence-electron chi connectivity index (χ1n) is 8.40. The summed E-state index contributed by atoms with van der Waals surface area (Å²) >= 11 is 0. The highest BCUT2D eigenvalue weighted by Gasteiger charge is 2.31. The molecule has 1 aromatic carbocycles. The SMILES string of the molecule is CCN(CC(F)F)C(=O)C1CCCN(C(=O)Cc2ccccc2)C1. The first-order chi connectivity index (χ1) is 11.5. The third-order valence-electron chi connectivity index (χ3n) is 4.37. The number of carbonyl (C=O) groups is 2. The topological polar surface area (TPSA) is 40.6 Å². The van der Waals surface area contributed by atoms with Gasteiger partial charge in [-0.2, -0.15) is 0 Å². The second-order valence-electron chi connectivity index (χ2n) is 6.11. The third kappa shape index (κ3) is 5.01. The Labute approximate surface area is 141 Å². The molecule has 2 amide bonds. The van der Waals surface area contributed by atoms with Crippen molar-refractivity contribution in [1.29, 1.82) is 0 Å². The van der Waals surface area contributed by atoms with Gasteiger partial charge >= 0.3 is 0 Å². The van der Waals surface area contributed by atoms with Gasteiger partial charge in [0.25, 0.3) is 6.43 Å². The molecule has 1 heterocycles. The van der Waals surface area contributed by atoms with Crippen molar-refractivity contribution < 1.29 is 18.4 Å². The van der Waals surface area contributed by atoms with E-state index in [9.17, 15) is 18.4 Å². The van der Waals surface area contributed by atoms with Gasteiger partial charge in [0.05, 0.1) is 18.9 Å². The maximum absolute atomic E-state index is 12.6. The Kier molecular flexibility index (Phi) is 6.70. The summed E-state index contributed by atoms with van der Waals surface area (Å²) in [5.74, 6) is -0.664. The van der Waals surface area contributed by atoms with Crippen molar-refractivity contribution >= 4 is 11.8 Å². The number of carbonyl (C=O) groups excluding carboxylic acids is 2. The van der Waals surface area contributed by atoms with Crippen molar-refractivity contribution in [3.8, 4) is 0 Å². The largest absolute Gasteiger partial charge is 0.342 e. The monoisotopic (exact) mass is 338 g/mol. The second kappa shape index (κ2) is 8.76. The van der Waals surface area contributed by atoms with Gasteiger partial charge in [-0.1, -0.05) is 30.3 Å². The Hall–Kier alpha value is -1.98. The van der Waals surface area contributed by atoms with Crippen LogP contribution in [0.1, 0.15) is 25.3 Å². The van der Waals surface area contributed by atoms with Crippen molar-refractivity contribution in [2.24, 2.45) is 5.92 Å². The number of likely N-dealkylation sites (tertiary alicyclic amines) is 1. The number of hydrogen-bond acceptors (Lipinski definition) is 2. The van der Waals surface area contributed by atoms with E-state index >= 15 is 0 Å². The lowest BCUT2D eigenvalue weighted by Gasteiger charge is -2.34. The van der Waals surface area contributed by atoms with Crippen LogP contribution in [0.25, 0.3) is 0 Å². The average molecular weight is 338 g/mol. The average Bonchev–Trinajstić information content (AvgIpc) is 2.60. The molecule has 0 aromatic heterocycles. The summed E-state index contributed by atoms with van der Waals surface area (Å²) in [4.78, 5) is 27.8. The lowest BCUT2D eigenvalue weighted by molar-refractivity contribution is -0.142. The Morgan fingerprint density at radius 2 is 2.00 bits per heavy atom. The summed E-state index contributed by atoms with van der Waals surface area (Å²) in [7, 11) is 0. The Morgan fingerprint density at radius 3 is 2.62 bits per heavy atom. The summed E-state index contributed by atoms with van der Waals surface area (Å²) < 4.78 is 25.2. The fraction of sp³-hybridized carbons (Fsp3) is 0.556. The zero-order valence-corrected chi connectivity index (χ0v) is 14.0. The van der Waals surface area contributed by atoms with E-state index in [1.54, 1.807) is 11.8 Å². The maximum Gasteiger partial charge on any atom is 0.255 e. The van der Waals surface area contributed by atoms with Crippen LogP contribution in [0.3, 0.4) is 0 Å². The summed E-state index contributed by atoms with van der Waals surface area (Å²) in [6.07, 6.45) is -0.860. The van der Waals surface area contributed by atoms with Gasteiger partial charge in [0, 0.05) is 19.6 Å². The third-order valence-corrected chi connectivity index (χ3v) is 4.37. The van der Waals surface area contributed by atoms with Crippen molar-refractivity contribution in [1.82, 2.24) is 9.80 Å². The van der Waals surface area contributed by atoms with Crippen LogP contribution in [0.5, 0.6) is 0 Å². The lowest BCUT2D eigenvalue weighted by atomic mass is 9.95. The minimum absolute atomic E-state index is 0.0180. The number of amides is 2. The highest BCUT2D eigenvalue weighted by Crippen LogP contribution is 2.20. The molecule has 132 valence electrons. The summed E-state index contributed by atoms with van der Waals surface area (Å²) in [5.41, 5.74) is 0.934. The second-order valence-corrected chi connectivity index (χ2v) is 6.11. The van der Waals surface area contributed by atoms with Crippen LogP contribution < -0.4 is 0 Å². The van der Waals surface area contributed by atoms with Crippen LogP contribution in [0.2, 0.25) is 0 Å². The van der Waals surface area contributed by atoms with Crippen LogP contribution in [-0.2, 0) is 16.0 Å². The van der Waals surface area contributed by atoms with Gasteiger partial charge < -0.3 is 9.80 Å². The Balaban J connectivity index is 1.95. The molecule has 0 aliphatic carbocycles. The van der Waals surface area contributed by atoms with Crippen LogP contribution >= 0.6 is 0 Å². The minimum Gasteiger partial charge on any atom is -0.342 e. The van der Waals surface area contributed by atoms with E-state index in [0.29, 0.717) is 25.9 Å². The summed E-state index contributed by atoms with van der Waals surface area (Å²) in [6.45, 7) is 2.36. The zero-order valence-electron chi connectivity index (χ0n) is 14.0. The van der Waals surface area contributed by atoms with Gasteiger partial charge in [0.1, 0.15) is 0 Å². The van der Waals surface area contributed by atoms with Crippen LogP contribution in [-0.4, -0.2) is 54.2 Å². The molecule has 0 radical (unpaired) electrons. The number of halogens is 2. The predicted molar refractivity (Wildman–Crippen MR) is 87.7 cm³/mol. The van der Waals surface area contributed by atoms with Gasteiger partial charge in [-0.15, -0.1) is 0 Å². The number of nitrogens with zero attached hydrogens (tertiary/aromatic N) is 2. The first-order valence-corrected chi connectivity index (χ1v) is 8.40. The number of hydrogen-bond donors (Lipinski definition) is 0. The zero-order chi connectivity index (χ0) is 17.5. The predicted octanol–water partition coefficient (Wildman–Crippen LogP) is 2.58. The summed E-state index contributed by atoms with van der Waals surface area (Å²) in [6, 6.07) is 9.45. The highest BCUT2D eigenvalue weighted by atomic mass is 19.3. The van der Waals surface area contributed by atoms with Gasteiger partial charge in [-0.3, -0.25) is 9.59 Å². The normalized spacial score (nSPS) is 17.8. The molecule has 1 fully saturated rings. The quantitative estimate of drug-likeness (QED) is 0.800. The lowest BCUT2D eigenvalue weighted by Crippen LogP contribution is -2.48. The molecule has 1 unspecified atom stereocenters. The van der Waals surface area contributed by atoms with E-state index in [-0.39, 0.29) is 24.3 Å². The first kappa shape index (κ1) is 18.4. The van der Waals surface area contributed by atoms with Gasteiger partial charge in [-0.05, 0) is 25.3 Å². The number of piperidine rings is 1. The molecule has 4 nitrogen and oxygen atoms in total. The molecule has 2 rings (SSSR count). The van der Waals surface area contributed by atoms with Crippen molar-refractivity contribution in [3.63, 3.8) is 0 Å². The molecule has 1 saturated heterocycles. The molecule has 1 aliphatic rings. The molecular formula is C18H24F2N2O2. The van der Waals surface area contributed by atoms with E-state index in [2.05, 4.69) is 0 Å². The number of benzene rings is 1. The Morgan fingerprint density at radius 1 is 1.29 bits per heavy atom. The molecule has 6 heteroatoms. The standard InChI is InChI=1S/C18H24F2N2O2/c1-2-21(13-16(19)20)18(24)15-9-6-10-22(12-15)17(23)11-14-7-4-3-5-8-14/h3-5,7-8,15-16H,2,6,9-13H2,1H3. The van der Waals surface area contributed by atoms with Gasteiger partial charge in [0.2, 0.25) is 11.8 Å². The number of rotatable bonds is 6. The van der Waals surface area contributed by atoms with Crippen molar-refractivity contribution in [3.05, 3.63) is 35.9 Å². The number of alkyl halides is 2. The molecule has 1 aromatic rings. The summed E-state index contributed by atoms with van der Waals surface area (Å²) in [5, 5.41) is 0. The molecule has 0 N–H and O–H groups in total. The maximum atomic E-state index is 12.6. The molecule has 1 atom stereocenters. The minimum atomic E-state index is -2.53. The molecule has 24 heavy (non-hydrogen) atoms. The fourth-order valence-corrected chi connectivity index (χ4v) is 3.09. The van der Waals surface area contributed by atoms with E-state index in [0.717, 1.165) is 12.0 Å². The molecule has 0 saturated carbocycles. The molecule has 0 bridgehead atoms. The van der Waals surface area contributed by atoms with E-state index < -0.39 is 13.0 Å². The van der Waals surface area contributed by atoms with E-state index in [1.807, 2.05) is 30.3 Å². The molecule has 1 aliphatic heterocycles. The van der Waals surface area contributed by atoms with Crippen molar-refractivity contribution in [2.75, 3.05) is 26.2 Å². The smallest absolute Gasteiger partial charge is 0.255 e. The Bertz CT molecular complexity index is 551. The van der Waals surface area contributed by atoms with E-state index in [1.165, 1.54) is 4.90 Å². The van der Waals surface area contributed by atoms with Crippen LogP contribution in [0.4, 0.5) is 8.78 Å².